The first kappa shape index (κ1) is 15.1. The van der Waals surface area contributed by atoms with E-state index in [2.05, 4.69) is 5.32 Å². The Morgan fingerprint density at radius 1 is 1.33 bits per heavy atom. The van der Waals surface area contributed by atoms with Crippen LogP contribution in [0.4, 0.5) is 13.2 Å². The lowest BCUT2D eigenvalue weighted by atomic mass is 10.1. The maximum Gasteiger partial charge on any atom is 0.389 e. The summed E-state index contributed by atoms with van der Waals surface area (Å²) in [5, 5.41) is 12.5. The predicted molar refractivity (Wildman–Crippen MR) is 57.2 cm³/mol. The molecule has 2 N–H and O–H groups in total. The SMILES string of the molecule is CSCC(C)(O)CNCCCC(F)(F)F. The molecule has 1 atom stereocenters. The van der Waals surface area contributed by atoms with E-state index in [9.17, 15) is 18.3 Å². The summed E-state index contributed by atoms with van der Waals surface area (Å²) in [7, 11) is 0. The summed E-state index contributed by atoms with van der Waals surface area (Å²) in [5.41, 5.74) is -0.850. The first-order valence-electron chi connectivity index (χ1n) is 4.76. The van der Waals surface area contributed by atoms with Crippen LogP contribution in [0.25, 0.3) is 0 Å². The normalized spacial score (nSPS) is 16.4. The summed E-state index contributed by atoms with van der Waals surface area (Å²) in [6, 6.07) is 0. The van der Waals surface area contributed by atoms with E-state index in [-0.39, 0.29) is 13.0 Å². The second-order valence-corrected chi connectivity index (χ2v) is 4.69. The highest BCUT2D eigenvalue weighted by atomic mass is 32.2. The highest BCUT2D eigenvalue weighted by molar-refractivity contribution is 7.98. The van der Waals surface area contributed by atoms with Gasteiger partial charge in [0, 0.05) is 18.7 Å². The molecule has 0 heterocycles. The molecule has 0 aliphatic carbocycles. The number of alkyl halides is 3. The fourth-order valence-corrected chi connectivity index (χ4v) is 1.86. The minimum Gasteiger partial charge on any atom is -0.388 e. The van der Waals surface area contributed by atoms with Crippen LogP contribution < -0.4 is 5.32 Å². The molecule has 0 saturated heterocycles. The summed E-state index contributed by atoms with van der Waals surface area (Å²) >= 11 is 1.51. The molecule has 1 unspecified atom stereocenters. The topological polar surface area (TPSA) is 32.3 Å². The van der Waals surface area contributed by atoms with Crippen LogP contribution >= 0.6 is 11.8 Å². The first-order valence-corrected chi connectivity index (χ1v) is 6.15. The number of nitrogens with one attached hydrogen (secondary N) is 1. The van der Waals surface area contributed by atoms with Crippen LogP contribution in [0.5, 0.6) is 0 Å². The standard InChI is InChI=1S/C9H18F3NOS/c1-8(14,7-15-2)6-13-5-3-4-9(10,11)12/h13-14H,3-7H2,1-2H3. The van der Waals surface area contributed by atoms with Crippen molar-refractivity contribution in [2.75, 3.05) is 25.1 Å². The van der Waals surface area contributed by atoms with Crippen molar-refractivity contribution in [2.24, 2.45) is 0 Å². The van der Waals surface area contributed by atoms with Gasteiger partial charge in [0.25, 0.3) is 0 Å². The van der Waals surface area contributed by atoms with Gasteiger partial charge in [-0.25, -0.2) is 0 Å². The Hall–Kier alpha value is 0.0600. The summed E-state index contributed by atoms with van der Waals surface area (Å²) in [5.74, 6) is 0.569. The molecule has 92 valence electrons. The van der Waals surface area contributed by atoms with Crippen molar-refractivity contribution in [3.8, 4) is 0 Å². The summed E-state index contributed by atoms with van der Waals surface area (Å²) < 4.78 is 35.3. The lowest BCUT2D eigenvalue weighted by Gasteiger charge is -2.22. The van der Waals surface area contributed by atoms with Crippen molar-refractivity contribution in [1.82, 2.24) is 5.32 Å². The molecule has 0 fully saturated rings. The molecule has 0 aromatic rings. The maximum absolute atomic E-state index is 11.8. The highest BCUT2D eigenvalue weighted by Gasteiger charge is 2.26. The van der Waals surface area contributed by atoms with E-state index in [1.54, 1.807) is 6.92 Å². The van der Waals surface area contributed by atoms with E-state index in [4.69, 9.17) is 0 Å². The van der Waals surface area contributed by atoms with E-state index in [1.807, 2.05) is 6.26 Å². The molecule has 0 aromatic heterocycles. The third-order valence-electron chi connectivity index (χ3n) is 1.77. The van der Waals surface area contributed by atoms with Gasteiger partial charge in [-0.15, -0.1) is 0 Å². The van der Waals surface area contributed by atoms with Gasteiger partial charge >= 0.3 is 6.18 Å². The van der Waals surface area contributed by atoms with Gasteiger partial charge < -0.3 is 10.4 Å². The molecule has 0 radical (unpaired) electrons. The molecule has 0 saturated carbocycles. The monoisotopic (exact) mass is 245 g/mol. The van der Waals surface area contributed by atoms with Crippen molar-refractivity contribution in [3.63, 3.8) is 0 Å². The Bertz CT molecular complexity index is 173. The molecule has 0 spiro atoms. The summed E-state index contributed by atoms with van der Waals surface area (Å²) in [6.45, 7) is 2.27. The van der Waals surface area contributed by atoms with Crippen LogP contribution in [0, 0.1) is 0 Å². The summed E-state index contributed by atoms with van der Waals surface area (Å²) in [6.07, 6.45) is -2.93. The number of hydrogen-bond donors (Lipinski definition) is 2. The molecule has 0 aliphatic rings. The van der Waals surface area contributed by atoms with Gasteiger partial charge in [0.05, 0.1) is 5.60 Å². The van der Waals surface area contributed by atoms with Crippen molar-refractivity contribution in [3.05, 3.63) is 0 Å². The average molecular weight is 245 g/mol. The van der Waals surface area contributed by atoms with Crippen LogP contribution in [-0.4, -0.2) is 42.0 Å². The number of rotatable bonds is 7. The van der Waals surface area contributed by atoms with Gasteiger partial charge in [-0.2, -0.15) is 24.9 Å². The predicted octanol–water partition coefficient (Wildman–Crippen LogP) is 2.03. The van der Waals surface area contributed by atoms with Gasteiger partial charge in [-0.05, 0) is 26.1 Å². The van der Waals surface area contributed by atoms with Crippen LogP contribution in [0.2, 0.25) is 0 Å². The van der Waals surface area contributed by atoms with Crippen LogP contribution in [0.3, 0.4) is 0 Å². The molecular weight excluding hydrogens is 227 g/mol. The Morgan fingerprint density at radius 3 is 2.40 bits per heavy atom. The molecule has 0 rings (SSSR count). The van der Waals surface area contributed by atoms with E-state index in [1.165, 1.54) is 11.8 Å². The van der Waals surface area contributed by atoms with Crippen molar-refractivity contribution in [2.45, 2.75) is 31.5 Å². The molecule has 0 amide bonds. The molecule has 6 heteroatoms. The van der Waals surface area contributed by atoms with Gasteiger partial charge in [0.15, 0.2) is 0 Å². The highest BCUT2D eigenvalue weighted by Crippen LogP contribution is 2.20. The van der Waals surface area contributed by atoms with Crippen molar-refractivity contribution in [1.29, 1.82) is 0 Å². The average Bonchev–Trinajstić information content (AvgIpc) is 2.00. The first-order chi connectivity index (χ1) is 6.77. The molecule has 15 heavy (non-hydrogen) atoms. The zero-order chi connectivity index (χ0) is 11.9. The van der Waals surface area contributed by atoms with Crippen LogP contribution in [0.15, 0.2) is 0 Å². The number of aliphatic hydroxyl groups is 1. The number of thioether (sulfide) groups is 1. The van der Waals surface area contributed by atoms with Crippen LogP contribution in [-0.2, 0) is 0 Å². The minimum atomic E-state index is -4.08. The smallest absolute Gasteiger partial charge is 0.388 e. The Labute approximate surface area is 92.6 Å². The fourth-order valence-electron chi connectivity index (χ4n) is 1.13. The Morgan fingerprint density at radius 2 is 1.93 bits per heavy atom. The van der Waals surface area contributed by atoms with Gasteiger partial charge in [-0.3, -0.25) is 0 Å². The summed E-state index contributed by atoms with van der Waals surface area (Å²) in [4.78, 5) is 0. The van der Waals surface area contributed by atoms with E-state index in [0.29, 0.717) is 12.3 Å². The largest absolute Gasteiger partial charge is 0.389 e. The zero-order valence-corrected chi connectivity index (χ0v) is 9.84. The van der Waals surface area contributed by atoms with E-state index in [0.717, 1.165) is 0 Å². The molecule has 2 nitrogen and oxygen atoms in total. The molecule has 0 aliphatic heterocycles. The van der Waals surface area contributed by atoms with Gasteiger partial charge in [0.2, 0.25) is 0 Å². The van der Waals surface area contributed by atoms with E-state index >= 15 is 0 Å². The fraction of sp³-hybridized carbons (Fsp3) is 1.00. The van der Waals surface area contributed by atoms with Crippen molar-refractivity contribution < 1.29 is 18.3 Å². The number of halogens is 3. The number of hydrogen-bond acceptors (Lipinski definition) is 3. The molecule has 0 aromatic carbocycles. The Balaban J connectivity index is 3.46. The third kappa shape index (κ3) is 10.3. The Kier molecular flexibility index (Phi) is 6.63. The molecular formula is C9H18F3NOS. The third-order valence-corrected chi connectivity index (χ3v) is 2.69. The van der Waals surface area contributed by atoms with Crippen LogP contribution in [0.1, 0.15) is 19.8 Å². The zero-order valence-electron chi connectivity index (χ0n) is 9.02. The second-order valence-electron chi connectivity index (χ2n) is 3.83. The minimum absolute atomic E-state index is 0.0544. The van der Waals surface area contributed by atoms with Gasteiger partial charge in [0.1, 0.15) is 0 Å². The quantitative estimate of drug-likeness (QED) is 0.673. The maximum atomic E-state index is 11.8. The van der Waals surface area contributed by atoms with E-state index < -0.39 is 18.2 Å². The van der Waals surface area contributed by atoms with Crippen molar-refractivity contribution >= 4 is 11.8 Å². The second kappa shape index (κ2) is 6.60. The lowest BCUT2D eigenvalue weighted by molar-refractivity contribution is -0.135. The lowest BCUT2D eigenvalue weighted by Crippen LogP contribution is -2.40. The molecule has 0 bridgehead atoms. The van der Waals surface area contributed by atoms with Gasteiger partial charge in [-0.1, -0.05) is 0 Å².